The Morgan fingerprint density at radius 3 is 2.69 bits per heavy atom. The molecular formula is C26H37ClN6O3. The number of imidazole rings is 1. The highest BCUT2D eigenvalue weighted by atomic mass is 35.5. The van der Waals surface area contributed by atoms with E-state index in [1.807, 2.05) is 29.2 Å². The minimum atomic E-state index is -0.266. The average molecular weight is 517 g/mol. The smallest absolute Gasteiger partial charge is 0.325 e. The number of rotatable bonds is 8. The lowest BCUT2D eigenvalue weighted by Crippen LogP contribution is -2.52. The second kappa shape index (κ2) is 12.5. The van der Waals surface area contributed by atoms with Gasteiger partial charge >= 0.3 is 11.7 Å². The second-order valence-corrected chi connectivity index (χ2v) is 9.87. The maximum absolute atomic E-state index is 12.5. The molecule has 196 valence electrons. The molecule has 2 amide bonds. The highest BCUT2D eigenvalue weighted by molar-refractivity contribution is 5.90. The van der Waals surface area contributed by atoms with Gasteiger partial charge in [0.15, 0.2) is 5.65 Å². The number of carbonyl (C=O) groups is 1. The molecule has 9 nitrogen and oxygen atoms in total. The molecule has 3 heterocycles. The van der Waals surface area contributed by atoms with Crippen LogP contribution in [0.25, 0.3) is 22.1 Å². The van der Waals surface area contributed by atoms with Gasteiger partial charge in [0.05, 0.1) is 17.6 Å². The number of piperazine rings is 1. The topological polar surface area (TPSA) is 106 Å². The zero-order valence-electron chi connectivity index (χ0n) is 20.8. The molecule has 1 aromatic carbocycles. The molecule has 1 saturated heterocycles. The molecule has 5 rings (SSSR count). The van der Waals surface area contributed by atoms with Gasteiger partial charge in [-0.1, -0.05) is 32.1 Å². The van der Waals surface area contributed by atoms with Gasteiger partial charge in [-0.2, -0.15) is 0 Å². The lowest BCUT2D eigenvalue weighted by Gasteiger charge is -2.35. The van der Waals surface area contributed by atoms with Crippen molar-refractivity contribution in [3.63, 3.8) is 0 Å². The Balaban J connectivity index is 0.00000304. The lowest BCUT2D eigenvalue weighted by atomic mass is 9.87. The molecule has 1 saturated carbocycles. The van der Waals surface area contributed by atoms with E-state index in [2.05, 4.69) is 25.2 Å². The van der Waals surface area contributed by atoms with Gasteiger partial charge in [-0.05, 0) is 49.6 Å². The maximum Gasteiger partial charge on any atom is 0.325 e. The Kier molecular flexibility index (Phi) is 9.09. The summed E-state index contributed by atoms with van der Waals surface area (Å²) in [4.78, 5) is 38.3. The van der Waals surface area contributed by atoms with Gasteiger partial charge in [0.25, 0.3) is 0 Å². The third kappa shape index (κ3) is 6.70. The second-order valence-electron chi connectivity index (χ2n) is 9.87. The summed E-state index contributed by atoms with van der Waals surface area (Å²) in [6, 6.07) is 7.58. The van der Waals surface area contributed by atoms with E-state index in [-0.39, 0.29) is 24.1 Å². The number of fused-ring (bicyclic) bond motifs is 2. The average Bonchev–Trinajstić information content (AvgIpc) is 3.25. The summed E-state index contributed by atoms with van der Waals surface area (Å²) >= 11 is 0. The standard InChI is InChI=1S/C26H36N6O3.ClH/c33-25-29-23-18-20-17-21(7-8-22(20)28-24(23)30-25)35-16-4-10-27-26(34)32-14-12-31(13-15-32)11-9-19-5-2-1-3-6-19;/h7-8,17-19H,1-6,9-16H2,(H,27,34)(H2,28,29,30,33);1H. The fraction of sp³-hybridized carbons (Fsp3) is 0.577. The van der Waals surface area contributed by atoms with Crippen LogP contribution in [-0.4, -0.2) is 76.7 Å². The van der Waals surface area contributed by atoms with Crippen molar-refractivity contribution >= 4 is 40.5 Å². The lowest BCUT2D eigenvalue weighted by molar-refractivity contribution is 0.132. The summed E-state index contributed by atoms with van der Waals surface area (Å²) < 4.78 is 5.87. The number of amides is 2. The van der Waals surface area contributed by atoms with E-state index in [1.165, 1.54) is 45.1 Å². The minimum Gasteiger partial charge on any atom is -0.494 e. The van der Waals surface area contributed by atoms with Crippen LogP contribution in [0.2, 0.25) is 0 Å². The number of nitrogens with one attached hydrogen (secondary N) is 3. The summed E-state index contributed by atoms with van der Waals surface area (Å²) in [6.45, 7) is 5.83. The summed E-state index contributed by atoms with van der Waals surface area (Å²) in [5.74, 6) is 1.66. The van der Waals surface area contributed by atoms with Gasteiger partial charge in [0, 0.05) is 38.1 Å². The van der Waals surface area contributed by atoms with E-state index in [0.717, 1.165) is 55.2 Å². The van der Waals surface area contributed by atoms with Crippen molar-refractivity contribution in [2.45, 2.75) is 44.9 Å². The summed E-state index contributed by atoms with van der Waals surface area (Å²) in [5.41, 5.74) is 1.75. The van der Waals surface area contributed by atoms with Crippen LogP contribution in [-0.2, 0) is 0 Å². The number of ether oxygens (including phenoxy) is 1. The molecule has 2 aromatic heterocycles. The van der Waals surface area contributed by atoms with Crippen molar-refractivity contribution in [1.29, 1.82) is 0 Å². The maximum atomic E-state index is 12.5. The predicted molar refractivity (Wildman–Crippen MR) is 144 cm³/mol. The van der Waals surface area contributed by atoms with Gasteiger partial charge < -0.3 is 19.9 Å². The molecule has 1 aliphatic heterocycles. The molecule has 2 aliphatic rings. The number of aromatic nitrogens is 3. The molecule has 0 bridgehead atoms. The molecule has 10 heteroatoms. The van der Waals surface area contributed by atoms with Gasteiger partial charge in [0.2, 0.25) is 0 Å². The number of urea groups is 1. The molecule has 0 spiro atoms. The normalized spacial score (nSPS) is 17.3. The van der Waals surface area contributed by atoms with Crippen molar-refractivity contribution in [1.82, 2.24) is 30.1 Å². The number of hydrogen-bond acceptors (Lipinski definition) is 5. The third-order valence-corrected chi connectivity index (χ3v) is 7.37. The molecule has 0 unspecified atom stereocenters. The van der Waals surface area contributed by atoms with E-state index < -0.39 is 0 Å². The summed E-state index contributed by atoms with van der Waals surface area (Å²) in [7, 11) is 0. The van der Waals surface area contributed by atoms with Crippen LogP contribution in [0.4, 0.5) is 4.79 Å². The van der Waals surface area contributed by atoms with E-state index in [9.17, 15) is 9.59 Å². The number of nitrogens with zero attached hydrogens (tertiary/aromatic N) is 3. The number of pyridine rings is 1. The zero-order valence-corrected chi connectivity index (χ0v) is 21.6. The van der Waals surface area contributed by atoms with Crippen molar-refractivity contribution in [3.8, 4) is 5.75 Å². The van der Waals surface area contributed by atoms with E-state index in [1.54, 1.807) is 0 Å². The van der Waals surface area contributed by atoms with Crippen molar-refractivity contribution in [2.24, 2.45) is 5.92 Å². The highest BCUT2D eigenvalue weighted by Gasteiger charge is 2.22. The van der Waals surface area contributed by atoms with Crippen LogP contribution in [0.1, 0.15) is 44.9 Å². The van der Waals surface area contributed by atoms with Gasteiger partial charge in [-0.15, -0.1) is 12.4 Å². The first-order valence-corrected chi connectivity index (χ1v) is 13.0. The number of aromatic amines is 2. The highest BCUT2D eigenvalue weighted by Crippen LogP contribution is 2.26. The van der Waals surface area contributed by atoms with E-state index >= 15 is 0 Å². The van der Waals surface area contributed by atoms with Gasteiger partial charge in [-0.3, -0.25) is 9.88 Å². The molecule has 36 heavy (non-hydrogen) atoms. The number of hydrogen-bond donors (Lipinski definition) is 3. The van der Waals surface area contributed by atoms with Crippen molar-refractivity contribution in [3.05, 3.63) is 34.7 Å². The number of benzene rings is 1. The minimum absolute atomic E-state index is 0. The largest absolute Gasteiger partial charge is 0.494 e. The van der Waals surface area contributed by atoms with Crippen molar-refractivity contribution < 1.29 is 9.53 Å². The first-order chi connectivity index (χ1) is 17.1. The first-order valence-electron chi connectivity index (χ1n) is 13.0. The Morgan fingerprint density at radius 1 is 1.08 bits per heavy atom. The monoisotopic (exact) mass is 516 g/mol. The number of carbonyl (C=O) groups excluding carboxylic acids is 1. The SMILES string of the molecule is Cl.O=C(NCCCOc1ccc2nc3[nH]c(=O)[nH]c3cc2c1)N1CCN(CCC2CCCCC2)CC1. The van der Waals surface area contributed by atoms with Crippen LogP contribution in [0.3, 0.4) is 0 Å². The molecule has 0 atom stereocenters. The molecule has 2 fully saturated rings. The Hall–Kier alpha value is -2.78. The fourth-order valence-electron chi connectivity index (χ4n) is 5.28. The van der Waals surface area contributed by atoms with Gasteiger partial charge in [0.1, 0.15) is 5.75 Å². The van der Waals surface area contributed by atoms with Crippen LogP contribution >= 0.6 is 12.4 Å². The molecule has 0 radical (unpaired) electrons. The zero-order chi connectivity index (χ0) is 24.0. The predicted octanol–water partition coefficient (Wildman–Crippen LogP) is 3.89. The molecular weight excluding hydrogens is 480 g/mol. The third-order valence-electron chi connectivity index (χ3n) is 7.37. The molecule has 3 N–H and O–H groups in total. The Morgan fingerprint density at radius 2 is 1.89 bits per heavy atom. The Bertz CT molecular complexity index is 1200. The number of H-pyrrole nitrogens is 2. The quantitative estimate of drug-likeness (QED) is 0.394. The fourth-order valence-corrected chi connectivity index (χ4v) is 5.28. The summed E-state index contributed by atoms with van der Waals surface area (Å²) in [5, 5.41) is 3.93. The molecule has 3 aromatic rings. The summed E-state index contributed by atoms with van der Waals surface area (Å²) in [6.07, 6.45) is 9.09. The number of halogens is 1. The van der Waals surface area contributed by atoms with Gasteiger partial charge in [-0.25, -0.2) is 14.6 Å². The van der Waals surface area contributed by atoms with Crippen molar-refractivity contribution in [2.75, 3.05) is 45.9 Å². The Labute approximate surface area is 217 Å². The van der Waals surface area contributed by atoms with Crippen LogP contribution in [0, 0.1) is 5.92 Å². The first kappa shape index (κ1) is 26.3. The molecule has 1 aliphatic carbocycles. The van der Waals surface area contributed by atoms with E-state index in [4.69, 9.17) is 4.74 Å². The van der Waals surface area contributed by atoms with Crippen LogP contribution in [0.15, 0.2) is 29.1 Å². The van der Waals surface area contributed by atoms with Crippen LogP contribution < -0.4 is 15.7 Å². The van der Waals surface area contributed by atoms with Crippen LogP contribution in [0.5, 0.6) is 5.75 Å². The van der Waals surface area contributed by atoms with E-state index in [0.29, 0.717) is 24.3 Å².